The van der Waals surface area contributed by atoms with Gasteiger partial charge in [0.25, 0.3) is 5.56 Å². The van der Waals surface area contributed by atoms with Crippen LogP contribution in [0.3, 0.4) is 0 Å². The normalized spacial score (nSPS) is 18.1. The van der Waals surface area contributed by atoms with Crippen molar-refractivity contribution in [1.82, 2.24) is 9.78 Å². The van der Waals surface area contributed by atoms with E-state index in [0.717, 1.165) is 36.8 Å². The third-order valence-corrected chi connectivity index (χ3v) is 6.99. The molecule has 1 fully saturated rings. The zero-order chi connectivity index (χ0) is 24.1. The number of carbonyl (C=O) groups is 1. The lowest BCUT2D eigenvalue weighted by molar-refractivity contribution is -0.142. The molecule has 1 saturated carbocycles. The fourth-order valence-corrected chi connectivity index (χ4v) is 4.75. The Hall–Kier alpha value is -2.67. The van der Waals surface area contributed by atoms with Crippen molar-refractivity contribution in [2.24, 2.45) is 11.8 Å². The fraction of sp³-hybridized carbons (Fsp3) is 0.346. The third-order valence-electron chi connectivity index (χ3n) is 6.25. The zero-order valence-electron chi connectivity index (χ0n) is 18.6. The number of aliphatic carboxylic acids is 1. The molecule has 1 aliphatic carbocycles. The molecular weight excluding hydrogens is 475 g/mol. The topological polar surface area (TPSA) is 81.4 Å². The van der Waals surface area contributed by atoms with Gasteiger partial charge >= 0.3 is 5.97 Å². The van der Waals surface area contributed by atoms with Gasteiger partial charge in [0.15, 0.2) is 0 Å². The Bertz CT molecular complexity index is 1210. The maximum Gasteiger partial charge on any atom is 0.329 e. The number of ether oxygens (including phenoxy) is 1. The molecule has 8 heteroatoms. The summed E-state index contributed by atoms with van der Waals surface area (Å²) in [6.45, 7) is 0.753. The van der Waals surface area contributed by atoms with Gasteiger partial charge in [0.05, 0.1) is 22.3 Å². The summed E-state index contributed by atoms with van der Waals surface area (Å²) in [5.74, 6) is -0.254. The van der Waals surface area contributed by atoms with Crippen LogP contribution in [0.15, 0.2) is 59.4 Å². The summed E-state index contributed by atoms with van der Waals surface area (Å²) in [6.07, 6.45) is 3.80. The second-order valence-electron chi connectivity index (χ2n) is 8.72. The van der Waals surface area contributed by atoms with Crippen LogP contribution in [0.5, 0.6) is 0 Å². The SMILES string of the molecule is O=C(O)COCC1CCC(Cn2nc(-c3ccccc3)c(-c3ccc(Cl)c(Cl)c3)cc2=O)CC1. The molecule has 3 aromatic rings. The molecule has 178 valence electrons. The van der Waals surface area contributed by atoms with E-state index in [9.17, 15) is 9.59 Å². The summed E-state index contributed by atoms with van der Waals surface area (Å²) >= 11 is 12.3. The first-order valence-corrected chi connectivity index (χ1v) is 12.1. The van der Waals surface area contributed by atoms with Gasteiger partial charge in [-0.1, -0.05) is 59.6 Å². The van der Waals surface area contributed by atoms with Crippen molar-refractivity contribution >= 4 is 29.2 Å². The molecule has 1 aromatic heterocycles. The molecule has 1 aliphatic rings. The number of carboxylic acids is 1. The smallest absolute Gasteiger partial charge is 0.329 e. The van der Waals surface area contributed by atoms with E-state index < -0.39 is 5.97 Å². The van der Waals surface area contributed by atoms with Crippen molar-refractivity contribution in [3.05, 3.63) is 75.0 Å². The van der Waals surface area contributed by atoms with Gasteiger partial charge < -0.3 is 9.84 Å². The molecule has 0 aliphatic heterocycles. The Balaban J connectivity index is 1.56. The Morgan fingerprint density at radius 2 is 1.68 bits per heavy atom. The second kappa shape index (κ2) is 11.2. The van der Waals surface area contributed by atoms with Crippen molar-refractivity contribution in [3.8, 4) is 22.4 Å². The van der Waals surface area contributed by atoms with E-state index in [1.165, 1.54) is 0 Å². The summed E-state index contributed by atoms with van der Waals surface area (Å²) in [6, 6.07) is 16.7. The summed E-state index contributed by atoms with van der Waals surface area (Å²) in [5, 5.41) is 14.4. The van der Waals surface area contributed by atoms with Gasteiger partial charge in [-0.05, 0) is 55.2 Å². The Morgan fingerprint density at radius 3 is 2.35 bits per heavy atom. The van der Waals surface area contributed by atoms with Gasteiger partial charge in [0.1, 0.15) is 6.61 Å². The van der Waals surface area contributed by atoms with Crippen molar-refractivity contribution in [2.75, 3.05) is 13.2 Å². The second-order valence-corrected chi connectivity index (χ2v) is 9.53. The molecule has 1 N–H and O–H groups in total. The monoisotopic (exact) mass is 500 g/mol. The highest BCUT2D eigenvalue weighted by molar-refractivity contribution is 6.42. The zero-order valence-corrected chi connectivity index (χ0v) is 20.1. The van der Waals surface area contributed by atoms with Crippen molar-refractivity contribution < 1.29 is 14.6 Å². The molecule has 0 spiro atoms. The number of benzene rings is 2. The van der Waals surface area contributed by atoms with Gasteiger partial charge in [-0.15, -0.1) is 0 Å². The standard InChI is InChI=1S/C26H26Cl2N2O4/c27-22-11-10-20(12-23(22)28)21-13-24(31)30(29-26(21)19-4-2-1-3-5-19)14-17-6-8-18(9-7-17)15-34-16-25(32)33/h1-5,10-13,17-18H,6-9,14-16H2,(H,32,33). The predicted molar refractivity (Wildman–Crippen MR) is 133 cm³/mol. The number of nitrogens with zero attached hydrogens (tertiary/aromatic N) is 2. The molecule has 0 unspecified atom stereocenters. The van der Waals surface area contributed by atoms with E-state index >= 15 is 0 Å². The van der Waals surface area contributed by atoms with E-state index in [1.807, 2.05) is 36.4 Å². The number of rotatable bonds is 8. The van der Waals surface area contributed by atoms with Crippen molar-refractivity contribution in [1.29, 1.82) is 0 Å². The molecule has 1 heterocycles. The lowest BCUT2D eigenvalue weighted by atomic mass is 9.82. The van der Waals surface area contributed by atoms with E-state index in [2.05, 4.69) is 0 Å². The van der Waals surface area contributed by atoms with Crippen LogP contribution in [0.2, 0.25) is 10.0 Å². The van der Waals surface area contributed by atoms with Gasteiger partial charge in [0.2, 0.25) is 0 Å². The van der Waals surface area contributed by atoms with Crippen LogP contribution >= 0.6 is 23.2 Å². The number of hydrogen-bond donors (Lipinski definition) is 1. The molecular formula is C26H26Cl2N2O4. The minimum atomic E-state index is -0.947. The lowest BCUT2D eigenvalue weighted by Gasteiger charge is -2.28. The number of carboxylic acid groups (broad SMARTS) is 1. The summed E-state index contributed by atoms with van der Waals surface area (Å²) < 4.78 is 6.82. The Labute approximate surface area is 208 Å². The average Bonchev–Trinajstić information content (AvgIpc) is 2.83. The van der Waals surface area contributed by atoms with Crippen LogP contribution < -0.4 is 5.56 Å². The summed E-state index contributed by atoms with van der Waals surface area (Å²) in [5.41, 5.74) is 2.97. The number of aromatic nitrogens is 2. The maximum atomic E-state index is 13.1. The van der Waals surface area contributed by atoms with Gasteiger partial charge in [0, 0.05) is 23.7 Å². The highest BCUT2D eigenvalue weighted by Crippen LogP contribution is 2.34. The quantitative estimate of drug-likeness (QED) is 0.423. The largest absolute Gasteiger partial charge is 0.480 e. The molecule has 0 amide bonds. The molecule has 2 aromatic carbocycles. The van der Waals surface area contributed by atoms with Gasteiger partial charge in [-0.25, -0.2) is 9.48 Å². The van der Waals surface area contributed by atoms with Crippen LogP contribution in [0, 0.1) is 11.8 Å². The van der Waals surface area contributed by atoms with Gasteiger partial charge in [-0.2, -0.15) is 5.10 Å². The van der Waals surface area contributed by atoms with Crippen molar-refractivity contribution in [2.45, 2.75) is 32.2 Å². The predicted octanol–water partition coefficient (Wildman–Crippen LogP) is 5.79. The maximum absolute atomic E-state index is 13.1. The van der Waals surface area contributed by atoms with E-state index in [0.29, 0.717) is 46.3 Å². The third kappa shape index (κ3) is 6.06. The van der Waals surface area contributed by atoms with Crippen molar-refractivity contribution in [3.63, 3.8) is 0 Å². The Morgan fingerprint density at radius 1 is 0.971 bits per heavy atom. The minimum absolute atomic E-state index is 0.160. The van der Waals surface area contributed by atoms with Crippen LogP contribution in [0.4, 0.5) is 0 Å². The molecule has 0 radical (unpaired) electrons. The highest BCUT2D eigenvalue weighted by Gasteiger charge is 2.23. The van der Waals surface area contributed by atoms with E-state index in [-0.39, 0.29) is 12.2 Å². The number of hydrogen-bond acceptors (Lipinski definition) is 4. The van der Waals surface area contributed by atoms with Crippen LogP contribution in [0.25, 0.3) is 22.4 Å². The van der Waals surface area contributed by atoms with Gasteiger partial charge in [-0.3, -0.25) is 4.79 Å². The minimum Gasteiger partial charge on any atom is -0.480 e. The highest BCUT2D eigenvalue weighted by atomic mass is 35.5. The molecule has 6 nitrogen and oxygen atoms in total. The summed E-state index contributed by atoms with van der Waals surface area (Å²) in [7, 11) is 0. The average molecular weight is 501 g/mol. The van der Waals surface area contributed by atoms with Crippen LogP contribution in [0.1, 0.15) is 25.7 Å². The summed E-state index contributed by atoms with van der Waals surface area (Å²) in [4.78, 5) is 23.7. The lowest BCUT2D eigenvalue weighted by Crippen LogP contribution is -2.29. The first kappa shape index (κ1) is 24.5. The molecule has 4 rings (SSSR count). The molecule has 0 saturated heterocycles. The van der Waals surface area contributed by atoms with E-state index in [1.54, 1.807) is 22.9 Å². The molecule has 0 bridgehead atoms. The first-order valence-electron chi connectivity index (χ1n) is 11.3. The van der Waals surface area contributed by atoms with E-state index in [4.69, 9.17) is 38.1 Å². The molecule has 0 atom stereocenters. The first-order chi connectivity index (χ1) is 16.4. The van der Waals surface area contributed by atoms with Crippen LogP contribution in [-0.4, -0.2) is 34.1 Å². The van der Waals surface area contributed by atoms with Crippen LogP contribution in [-0.2, 0) is 16.1 Å². The fourth-order valence-electron chi connectivity index (χ4n) is 4.45. The Kier molecular flexibility index (Phi) is 8.03. The number of halogens is 2. The molecule has 34 heavy (non-hydrogen) atoms.